The molecule has 10 aromatic carbocycles. The molecule has 13 rings (SSSR count). The van der Waals surface area contributed by atoms with Gasteiger partial charge in [0.25, 0.3) is 0 Å². The predicted octanol–water partition coefficient (Wildman–Crippen LogP) is 16.5. The highest BCUT2D eigenvalue weighted by Gasteiger charge is 2.52. The van der Waals surface area contributed by atoms with Crippen LogP contribution in [0, 0.1) is 0 Å². The van der Waals surface area contributed by atoms with Crippen LogP contribution < -0.4 is 4.90 Å². The third-order valence-electron chi connectivity index (χ3n) is 14.5. The molecule has 64 heavy (non-hydrogen) atoms. The van der Waals surface area contributed by atoms with Crippen molar-refractivity contribution in [3.63, 3.8) is 0 Å². The van der Waals surface area contributed by atoms with Gasteiger partial charge >= 0.3 is 0 Å². The number of anilines is 3. The molecule has 0 aromatic heterocycles. The highest BCUT2D eigenvalue weighted by atomic mass is 15.1. The zero-order chi connectivity index (χ0) is 42.2. The molecule has 0 unspecified atom stereocenters. The lowest BCUT2D eigenvalue weighted by atomic mass is 9.70. The summed E-state index contributed by atoms with van der Waals surface area (Å²) in [4.78, 5) is 2.49. The Morgan fingerprint density at radius 3 is 1.55 bits per heavy atom. The van der Waals surface area contributed by atoms with Gasteiger partial charge in [-0.15, -0.1) is 0 Å². The van der Waals surface area contributed by atoms with E-state index in [-0.39, 0.29) is 0 Å². The highest BCUT2D eigenvalue weighted by molar-refractivity contribution is 6.01. The van der Waals surface area contributed by atoms with Crippen LogP contribution in [0.5, 0.6) is 0 Å². The first-order valence-corrected chi connectivity index (χ1v) is 22.9. The van der Waals surface area contributed by atoms with Gasteiger partial charge in [-0.2, -0.15) is 0 Å². The van der Waals surface area contributed by atoms with E-state index in [1.165, 1.54) is 119 Å². The summed E-state index contributed by atoms with van der Waals surface area (Å²) in [5.41, 5.74) is 24.1. The van der Waals surface area contributed by atoms with Crippen LogP contribution in [-0.2, 0) is 18.3 Å². The van der Waals surface area contributed by atoms with Crippen LogP contribution in [0.3, 0.4) is 0 Å². The van der Waals surface area contributed by atoms with Gasteiger partial charge in [-0.3, -0.25) is 0 Å². The van der Waals surface area contributed by atoms with Crippen molar-refractivity contribution >= 4 is 27.8 Å². The molecule has 1 nitrogen and oxygen atoms in total. The van der Waals surface area contributed by atoms with Crippen LogP contribution in [0.25, 0.3) is 66.4 Å². The lowest BCUT2D eigenvalue weighted by molar-refractivity contribution is 0.687. The number of para-hydroxylation sites is 1. The van der Waals surface area contributed by atoms with E-state index in [9.17, 15) is 0 Å². The molecule has 0 amide bonds. The Morgan fingerprint density at radius 2 is 0.828 bits per heavy atom. The van der Waals surface area contributed by atoms with Crippen LogP contribution in [-0.4, -0.2) is 0 Å². The first-order chi connectivity index (χ1) is 31.8. The number of benzene rings is 10. The molecule has 0 radical (unpaired) electrons. The number of rotatable bonds is 6. The number of nitrogens with zero attached hydrogens (tertiary/aromatic N) is 1. The SMILES string of the molecule is c1ccc(N(c2ccc(-c3cccc4ccccc34)cc2)c2cc3c(cc2-c2ccc(-c4cccc5c4CCCC5)cc2)-c2ccccc2C32c3ccccc3-c3ccccc32)cc1. The summed E-state index contributed by atoms with van der Waals surface area (Å²) in [5.74, 6) is 0. The molecule has 0 atom stereocenters. The summed E-state index contributed by atoms with van der Waals surface area (Å²) in [6, 6.07) is 84.3. The van der Waals surface area contributed by atoms with E-state index in [4.69, 9.17) is 0 Å². The molecule has 0 fully saturated rings. The van der Waals surface area contributed by atoms with Crippen LogP contribution in [0.1, 0.15) is 46.2 Å². The summed E-state index contributed by atoms with van der Waals surface area (Å²) in [6.45, 7) is 0. The zero-order valence-corrected chi connectivity index (χ0v) is 35.6. The minimum Gasteiger partial charge on any atom is -0.310 e. The monoisotopic (exact) mass is 815 g/mol. The molecular weight excluding hydrogens is 771 g/mol. The molecule has 1 heteroatoms. The van der Waals surface area contributed by atoms with E-state index >= 15 is 0 Å². The Labute approximate surface area is 375 Å². The smallest absolute Gasteiger partial charge is 0.0726 e. The van der Waals surface area contributed by atoms with E-state index in [0.717, 1.165) is 23.5 Å². The minimum absolute atomic E-state index is 0.469. The van der Waals surface area contributed by atoms with Gasteiger partial charge in [-0.1, -0.05) is 188 Å². The second-order valence-electron chi connectivity index (χ2n) is 17.8. The third-order valence-corrected chi connectivity index (χ3v) is 14.5. The highest BCUT2D eigenvalue weighted by Crippen LogP contribution is 2.64. The van der Waals surface area contributed by atoms with Gasteiger partial charge in [-0.25, -0.2) is 0 Å². The molecule has 0 aliphatic heterocycles. The van der Waals surface area contributed by atoms with Crippen molar-refractivity contribution in [2.24, 2.45) is 0 Å². The normalized spacial score (nSPS) is 13.8. The maximum atomic E-state index is 2.55. The van der Waals surface area contributed by atoms with Gasteiger partial charge in [0.15, 0.2) is 0 Å². The van der Waals surface area contributed by atoms with E-state index in [0.29, 0.717) is 0 Å². The Morgan fingerprint density at radius 1 is 0.328 bits per heavy atom. The fourth-order valence-electron chi connectivity index (χ4n) is 11.7. The Hall–Kier alpha value is -7.74. The van der Waals surface area contributed by atoms with Gasteiger partial charge in [0.2, 0.25) is 0 Å². The Bertz CT molecular complexity index is 3380. The molecule has 3 aliphatic rings. The first-order valence-electron chi connectivity index (χ1n) is 22.9. The maximum Gasteiger partial charge on any atom is 0.0726 e. The lowest BCUT2D eigenvalue weighted by Gasteiger charge is -2.33. The topological polar surface area (TPSA) is 3.24 Å². The van der Waals surface area contributed by atoms with Crippen molar-refractivity contribution in [2.75, 3.05) is 4.90 Å². The summed E-state index contributed by atoms with van der Waals surface area (Å²) in [6.07, 6.45) is 4.87. The Kier molecular flexibility index (Phi) is 8.46. The summed E-state index contributed by atoms with van der Waals surface area (Å²) < 4.78 is 0. The second kappa shape index (κ2) is 14.7. The summed E-state index contributed by atoms with van der Waals surface area (Å²) >= 11 is 0. The largest absolute Gasteiger partial charge is 0.310 e. The number of hydrogen-bond acceptors (Lipinski definition) is 1. The fraction of sp³-hybridized carbons (Fsp3) is 0.0794. The molecule has 10 aromatic rings. The van der Waals surface area contributed by atoms with Crippen LogP contribution >= 0.6 is 0 Å². The maximum absolute atomic E-state index is 2.55. The van der Waals surface area contributed by atoms with Gasteiger partial charge < -0.3 is 4.90 Å². The average Bonchev–Trinajstić information content (AvgIpc) is 3.83. The zero-order valence-electron chi connectivity index (χ0n) is 35.6. The van der Waals surface area contributed by atoms with Crippen LogP contribution in [0.4, 0.5) is 17.1 Å². The van der Waals surface area contributed by atoms with Gasteiger partial charge in [0.05, 0.1) is 11.1 Å². The Balaban J connectivity index is 1.06. The molecule has 302 valence electrons. The van der Waals surface area contributed by atoms with Gasteiger partial charge in [0, 0.05) is 16.9 Å². The van der Waals surface area contributed by atoms with Crippen molar-refractivity contribution in [1.82, 2.24) is 0 Å². The predicted molar refractivity (Wildman–Crippen MR) is 268 cm³/mol. The van der Waals surface area contributed by atoms with Crippen LogP contribution in [0.2, 0.25) is 0 Å². The molecule has 3 aliphatic carbocycles. The van der Waals surface area contributed by atoms with E-state index < -0.39 is 5.41 Å². The molecule has 1 spiro atoms. The van der Waals surface area contributed by atoms with Crippen molar-refractivity contribution in [2.45, 2.75) is 31.1 Å². The fourth-order valence-corrected chi connectivity index (χ4v) is 11.7. The van der Waals surface area contributed by atoms with Crippen molar-refractivity contribution < 1.29 is 0 Å². The minimum atomic E-state index is -0.469. The average molecular weight is 816 g/mol. The first kappa shape index (κ1) is 36.9. The van der Waals surface area contributed by atoms with E-state index in [1.807, 2.05) is 0 Å². The van der Waals surface area contributed by atoms with Crippen LogP contribution in [0.15, 0.2) is 224 Å². The molecule has 0 bridgehead atoms. The molecular formula is C63H45N. The summed E-state index contributed by atoms with van der Waals surface area (Å²) in [5, 5.41) is 2.51. The van der Waals surface area contributed by atoms with E-state index in [2.05, 4.69) is 229 Å². The number of aryl methyl sites for hydroxylation is 1. The lowest BCUT2D eigenvalue weighted by Crippen LogP contribution is -2.26. The molecule has 0 N–H and O–H groups in total. The molecule has 0 saturated heterocycles. The van der Waals surface area contributed by atoms with Gasteiger partial charge in [0.1, 0.15) is 0 Å². The van der Waals surface area contributed by atoms with E-state index in [1.54, 1.807) is 0 Å². The number of hydrogen-bond donors (Lipinski definition) is 0. The van der Waals surface area contributed by atoms with Crippen molar-refractivity contribution in [3.05, 3.63) is 258 Å². The second-order valence-corrected chi connectivity index (χ2v) is 17.8. The van der Waals surface area contributed by atoms with Crippen molar-refractivity contribution in [3.8, 4) is 55.6 Å². The van der Waals surface area contributed by atoms with Gasteiger partial charge in [-0.05, 0) is 156 Å². The number of fused-ring (bicyclic) bond motifs is 12. The molecule has 0 saturated carbocycles. The summed E-state index contributed by atoms with van der Waals surface area (Å²) in [7, 11) is 0. The third kappa shape index (κ3) is 5.50. The molecule has 0 heterocycles. The van der Waals surface area contributed by atoms with Crippen molar-refractivity contribution in [1.29, 1.82) is 0 Å². The quantitative estimate of drug-likeness (QED) is 0.162. The standard InChI is InChI=1S/C63H45N/c1-2-20-47(21-3-1)64(48-38-36-45(37-39-48)52-28-15-19-43-17-5-7-23-50(43)52)62-41-61-57(40-56(62)46-34-32-44(33-35-46)51-27-14-18-42-16-4-6-22-49(42)51)55-26-10-13-31-60(55)63(61)58-29-11-8-24-53(58)54-25-9-12-30-59(54)63/h1-3,5,7-15,17-21,23-41H,4,6,16,22H2.